The first-order valence-electron chi connectivity index (χ1n) is 6.94. The number of nitrogen functional groups attached to an aromatic ring is 1. The van der Waals surface area contributed by atoms with Crippen molar-refractivity contribution in [2.75, 3.05) is 11.5 Å². The number of fused-ring (bicyclic) bond motifs is 1. The number of nitrogens with zero attached hydrogens (tertiary/aromatic N) is 4. The van der Waals surface area contributed by atoms with E-state index in [-0.39, 0.29) is 17.7 Å². The first kappa shape index (κ1) is 15.9. The summed E-state index contributed by atoms with van der Waals surface area (Å²) in [6, 6.07) is 0.165. The van der Waals surface area contributed by atoms with Crippen molar-refractivity contribution in [2.45, 2.75) is 31.7 Å². The van der Waals surface area contributed by atoms with E-state index in [1.165, 1.54) is 6.33 Å². The number of rotatable bonds is 3. The summed E-state index contributed by atoms with van der Waals surface area (Å²) in [6.07, 6.45) is 4.51. The van der Waals surface area contributed by atoms with Crippen LogP contribution >= 0.6 is 22.6 Å². The minimum absolute atomic E-state index is 0.00634. The third kappa shape index (κ3) is 3.18. The fourth-order valence-electron chi connectivity index (χ4n) is 3.06. The number of hydrogen-bond donors (Lipinski definition) is 2. The molecule has 1 saturated carbocycles. The molecule has 0 unspecified atom stereocenters. The van der Waals surface area contributed by atoms with Gasteiger partial charge in [0, 0.05) is 0 Å². The zero-order valence-electron chi connectivity index (χ0n) is 11.7. The van der Waals surface area contributed by atoms with E-state index >= 15 is 0 Å². The Morgan fingerprint density at radius 2 is 2.00 bits per heavy atom. The third-order valence-electron chi connectivity index (χ3n) is 4.08. The molecule has 1 aliphatic carbocycles. The van der Waals surface area contributed by atoms with Crippen LogP contribution in [0.1, 0.15) is 31.7 Å². The number of nitrogens with two attached hydrogens (primary N) is 1. The molecule has 0 bridgehead atoms. The Morgan fingerprint density at radius 1 is 1.32 bits per heavy atom. The Hall–Kier alpha value is -1.01. The maximum absolute atomic E-state index is 11.0. The molecule has 22 heavy (non-hydrogen) atoms. The van der Waals surface area contributed by atoms with Crippen molar-refractivity contribution in [3.05, 3.63) is 10.0 Å². The van der Waals surface area contributed by atoms with Crippen molar-refractivity contribution in [3.63, 3.8) is 0 Å². The summed E-state index contributed by atoms with van der Waals surface area (Å²) < 4.78 is 33.5. The van der Waals surface area contributed by atoms with Gasteiger partial charge in [-0.1, -0.05) is 0 Å². The number of anilines is 1. The van der Waals surface area contributed by atoms with E-state index in [1.54, 1.807) is 0 Å². The number of hydrogen-bond acceptors (Lipinski definition) is 6. The lowest BCUT2D eigenvalue weighted by molar-refractivity contribution is 0.276. The predicted octanol–water partition coefficient (Wildman–Crippen LogP) is 1.63. The molecule has 0 saturated heterocycles. The molecule has 1 fully saturated rings. The zero-order valence-corrected chi connectivity index (χ0v) is 14.7. The van der Waals surface area contributed by atoms with Gasteiger partial charge in [-0.25, -0.2) is 14.6 Å². The van der Waals surface area contributed by atoms with E-state index in [1.807, 2.05) is 4.68 Å². The van der Waals surface area contributed by atoms with Crippen LogP contribution in [-0.2, 0) is 10.1 Å². The van der Waals surface area contributed by atoms with E-state index in [0.29, 0.717) is 5.82 Å². The molecular formula is C12H16IN5O3S. The minimum atomic E-state index is -3.90. The van der Waals surface area contributed by atoms with Gasteiger partial charge in [-0.2, -0.15) is 13.5 Å². The molecule has 2 aromatic heterocycles. The summed E-state index contributed by atoms with van der Waals surface area (Å²) in [5.41, 5.74) is 6.61. The Morgan fingerprint density at radius 3 is 2.64 bits per heavy atom. The summed E-state index contributed by atoms with van der Waals surface area (Å²) in [7, 11) is -3.90. The first-order valence-corrected chi connectivity index (χ1v) is 9.63. The molecule has 1 aliphatic rings. The highest BCUT2D eigenvalue weighted by Gasteiger charge is 2.28. The molecule has 8 nitrogen and oxygen atoms in total. The molecule has 0 spiro atoms. The van der Waals surface area contributed by atoms with Crippen molar-refractivity contribution in [2.24, 2.45) is 5.92 Å². The van der Waals surface area contributed by atoms with Gasteiger partial charge in [-0.05, 0) is 54.2 Å². The Balaban J connectivity index is 1.81. The van der Waals surface area contributed by atoms with Crippen molar-refractivity contribution in [1.82, 2.24) is 19.7 Å². The molecule has 2 heterocycles. The lowest BCUT2D eigenvalue weighted by Crippen LogP contribution is -2.24. The maximum Gasteiger partial charge on any atom is 0.265 e. The fourth-order valence-corrected chi connectivity index (χ4v) is 4.74. The van der Waals surface area contributed by atoms with Gasteiger partial charge in [0.05, 0.1) is 17.2 Å². The van der Waals surface area contributed by atoms with Crippen molar-refractivity contribution in [3.8, 4) is 0 Å². The molecule has 0 atom stereocenters. The lowest BCUT2D eigenvalue weighted by Gasteiger charge is -2.28. The number of halogens is 1. The molecule has 0 radical (unpaired) electrons. The molecule has 0 amide bonds. The molecule has 10 heteroatoms. The van der Waals surface area contributed by atoms with Crippen LogP contribution in [-0.4, -0.2) is 38.5 Å². The highest BCUT2D eigenvalue weighted by Crippen LogP contribution is 2.35. The monoisotopic (exact) mass is 437 g/mol. The SMILES string of the molecule is Nc1ncnc2c1c(I)nn2[C@H]1CC[C@@H](CS(=O)(=O)O)CC1. The quantitative estimate of drug-likeness (QED) is 0.553. The first-order chi connectivity index (χ1) is 10.3. The van der Waals surface area contributed by atoms with Crippen molar-refractivity contribution < 1.29 is 13.0 Å². The van der Waals surface area contributed by atoms with Gasteiger partial charge >= 0.3 is 0 Å². The maximum atomic E-state index is 11.0. The highest BCUT2D eigenvalue weighted by molar-refractivity contribution is 14.1. The smallest absolute Gasteiger partial charge is 0.265 e. The van der Waals surface area contributed by atoms with Crippen LogP contribution in [0.3, 0.4) is 0 Å². The highest BCUT2D eigenvalue weighted by atomic mass is 127. The van der Waals surface area contributed by atoms with Crippen LogP contribution in [0.15, 0.2) is 6.33 Å². The van der Waals surface area contributed by atoms with Gasteiger partial charge in [-0.3, -0.25) is 4.55 Å². The van der Waals surface area contributed by atoms with Crippen LogP contribution < -0.4 is 5.73 Å². The molecule has 0 aliphatic heterocycles. The normalized spacial score (nSPS) is 23.0. The van der Waals surface area contributed by atoms with Gasteiger partial charge in [-0.15, -0.1) is 0 Å². The summed E-state index contributed by atoms with van der Waals surface area (Å²) in [5.74, 6) is 0.263. The van der Waals surface area contributed by atoms with E-state index in [9.17, 15) is 8.42 Å². The van der Waals surface area contributed by atoms with Crippen LogP contribution in [0, 0.1) is 9.62 Å². The summed E-state index contributed by atoms with van der Waals surface area (Å²) >= 11 is 2.12. The zero-order chi connectivity index (χ0) is 15.9. The average molecular weight is 437 g/mol. The molecule has 0 aromatic carbocycles. The van der Waals surface area contributed by atoms with E-state index < -0.39 is 10.1 Å². The van der Waals surface area contributed by atoms with Crippen LogP contribution in [0.25, 0.3) is 11.0 Å². The molecule has 3 rings (SSSR count). The van der Waals surface area contributed by atoms with Gasteiger partial charge in [0.2, 0.25) is 0 Å². The van der Waals surface area contributed by atoms with Gasteiger partial charge in [0.25, 0.3) is 10.1 Å². The Labute approximate surface area is 141 Å². The minimum Gasteiger partial charge on any atom is -0.383 e. The topological polar surface area (TPSA) is 124 Å². The average Bonchev–Trinajstić information content (AvgIpc) is 2.77. The summed E-state index contributed by atoms with van der Waals surface area (Å²) in [5, 5.41) is 5.29. The number of aromatic nitrogens is 4. The third-order valence-corrected chi connectivity index (χ3v) is 5.73. The van der Waals surface area contributed by atoms with E-state index in [0.717, 1.165) is 40.4 Å². The van der Waals surface area contributed by atoms with Crippen LogP contribution in [0.4, 0.5) is 5.82 Å². The Bertz CT molecular complexity index is 798. The standard InChI is InChI=1S/C12H16IN5O3S/c13-10-9-11(14)15-6-16-12(9)18(17-10)8-3-1-7(2-4-8)5-22(19,20)21/h6-8H,1-5H2,(H2,14,15,16)(H,19,20,21)/t7-,8+. The second-order valence-corrected chi connectivity index (χ2v) is 8.13. The summed E-state index contributed by atoms with van der Waals surface area (Å²) in [4.78, 5) is 8.28. The van der Waals surface area contributed by atoms with Crippen molar-refractivity contribution >= 4 is 49.6 Å². The van der Waals surface area contributed by atoms with Crippen LogP contribution in [0.5, 0.6) is 0 Å². The van der Waals surface area contributed by atoms with Crippen molar-refractivity contribution in [1.29, 1.82) is 0 Å². The predicted molar refractivity (Wildman–Crippen MR) is 89.9 cm³/mol. The summed E-state index contributed by atoms with van der Waals surface area (Å²) in [6.45, 7) is 0. The Kier molecular flexibility index (Phi) is 4.25. The van der Waals surface area contributed by atoms with Gasteiger partial charge in [0.15, 0.2) is 5.65 Å². The van der Waals surface area contributed by atoms with E-state index in [2.05, 4.69) is 37.7 Å². The van der Waals surface area contributed by atoms with Crippen LogP contribution in [0.2, 0.25) is 0 Å². The van der Waals surface area contributed by atoms with Gasteiger partial charge < -0.3 is 5.73 Å². The lowest BCUT2D eigenvalue weighted by atomic mass is 9.87. The van der Waals surface area contributed by atoms with Gasteiger partial charge in [0.1, 0.15) is 15.8 Å². The second-order valence-electron chi connectivity index (χ2n) is 5.62. The molecule has 120 valence electrons. The fraction of sp³-hybridized carbons (Fsp3) is 0.583. The largest absolute Gasteiger partial charge is 0.383 e. The molecule has 2 aromatic rings. The molecule has 3 N–H and O–H groups in total. The molecular weight excluding hydrogens is 421 g/mol. The van der Waals surface area contributed by atoms with E-state index in [4.69, 9.17) is 10.3 Å². The second kappa shape index (κ2) is 5.89.